The summed E-state index contributed by atoms with van der Waals surface area (Å²) in [5, 5.41) is 0.621. The number of carbonyl (C=O) groups is 2. The molecule has 1 atom stereocenters. The minimum absolute atomic E-state index is 0.0552. The van der Waals surface area contributed by atoms with E-state index in [1.54, 1.807) is 11.8 Å². The van der Waals surface area contributed by atoms with Crippen LogP contribution in [0, 0.1) is 5.92 Å². The molecule has 0 unspecified atom stereocenters. The summed E-state index contributed by atoms with van der Waals surface area (Å²) in [6, 6.07) is 5.00. The summed E-state index contributed by atoms with van der Waals surface area (Å²) in [4.78, 5) is 32.4. The lowest BCUT2D eigenvalue weighted by Crippen LogP contribution is -2.45. The van der Waals surface area contributed by atoms with Crippen molar-refractivity contribution >= 4 is 28.8 Å². The molecular weight excluding hydrogens is 440 g/mol. The Bertz CT molecular complexity index is 941. The van der Waals surface area contributed by atoms with E-state index < -0.39 is 12.0 Å². The summed E-state index contributed by atoms with van der Waals surface area (Å²) in [5.41, 5.74) is 1.72. The van der Waals surface area contributed by atoms with Crippen molar-refractivity contribution in [2.75, 3.05) is 25.6 Å². The van der Waals surface area contributed by atoms with Crippen LogP contribution in [-0.4, -0.2) is 47.5 Å². The van der Waals surface area contributed by atoms with Crippen LogP contribution in [0.15, 0.2) is 34.5 Å². The summed E-state index contributed by atoms with van der Waals surface area (Å²) < 4.78 is 17.4. The van der Waals surface area contributed by atoms with Crippen LogP contribution < -0.4 is 9.47 Å². The number of nitrogens with zero attached hydrogens (tertiary/aromatic N) is 2. The monoisotopic (exact) mass is 474 g/mol. The quantitative estimate of drug-likeness (QED) is 0.346. The fraction of sp³-hybridized carbons (Fsp3) is 0.560. The molecule has 7 nitrogen and oxygen atoms in total. The van der Waals surface area contributed by atoms with Crippen LogP contribution in [0.3, 0.4) is 0 Å². The number of fused-ring (bicyclic) bond motifs is 1. The zero-order chi connectivity index (χ0) is 24.0. The maximum Gasteiger partial charge on any atom is 0.338 e. The van der Waals surface area contributed by atoms with Gasteiger partial charge in [0, 0.05) is 12.2 Å². The molecule has 0 bridgehead atoms. The average Bonchev–Trinajstić information content (AvgIpc) is 2.78. The van der Waals surface area contributed by atoms with Crippen molar-refractivity contribution in [2.45, 2.75) is 59.9 Å². The van der Waals surface area contributed by atoms with Gasteiger partial charge in [-0.05, 0) is 43.9 Å². The summed E-state index contributed by atoms with van der Waals surface area (Å²) in [5.74, 6) is 1.63. The van der Waals surface area contributed by atoms with E-state index in [0.29, 0.717) is 59.9 Å². The van der Waals surface area contributed by atoms with Crippen LogP contribution in [0.25, 0.3) is 0 Å². The Hall–Kier alpha value is -2.48. The Morgan fingerprint density at radius 1 is 1.24 bits per heavy atom. The number of hydrogen-bond acceptors (Lipinski definition) is 7. The first-order valence-corrected chi connectivity index (χ1v) is 12.7. The number of benzene rings is 1. The van der Waals surface area contributed by atoms with Crippen LogP contribution in [0.1, 0.15) is 65.5 Å². The lowest BCUT2D eigenvalue weighted by molar-refractivity contribution is -0.141. The number of ether oxygens (including phenoxy) is 3. The number of aliphatic imine (C=N–C) groups is 1. The molecule has 0 saturated carbocycles. The van der Waals surface area contributed by atoms with Crippen molar-refractivity contribution in [1.29, 1.82) is 0 Å². The van der Waals surface area contributed by atoms with Gasteiger partial charge >= 0.3 is 5.97 Å². The first-order chi connectivity index (χ1) is 15.9. The Morgan fingerprint density at radius 3 is 2.73 bits per heavy atom. The Labute approximate surface area is 200 Å². The molecule has 2 aliphatic rings. The van der Waals surface area contributed by atoms with Gasteiger partial charge in [0.15, 0.2) is 16.7 Å². The number of hydrogen-bond donors (Lipinski definition) is 0. The minimum Gasteiger partial charge on any atom is -0.490 e. The number of esters is 1. The summed E-state index contributed by atoms with van der Waals surface area (Å²) in [7, 11) is 0. The largest absolute Gasteiger partial charge is 0.490 e. The predicted molar refractivity (Wildman–Crippen MR) is 131 cm³/mol. The molecule has 8 heteroatoms. The van der Waals surface area contributed by atoms with Crippen molar-refractivity contribution in [3.8, 4) is 11.5 Å². The highest BCUT2D eigenvalue weighted by molar-refractivity contribution is 8.14. The molecule has 1 aromatic carbocycles. The van der Waals surface area contributed by atoms with E-state index in [0.717, 1.165) is 18.4 Å². The van der Waals surface area contributed by atoms with Gasteiger partial charge in [-0.15, -0.1) is 0 Å². The molecule has 2 aliphatic heterocycles. The van der Waals surface area contributed by atoms with Crippen molar-refractivity contribution < 1.29 is 23.8 Å². The number of carbonyl (C=O) groups excluding carboxylic acids is 2. The van der Waals surface area contributed by atoms with Crippen molar-refractivity contribution in [3.05, 3.63) is 35.0 Å². The molecule has 0 radical (unpaired) electrons. The molecule has 1 saturated heterocycles. The molecule has 0 aliphatic carbocycles. The van der Waals surface area contributed by atoms with E-state index in [2.05, 4.69) is 11.9 Å². The highest BCUT2D eigenvalue weighted by Gasteiger charge is 2.42. The number of allylic oxidation sites excluding steroid dienone is 1. The van der Waals surface area contributed by atoms with Crippen LogP contribution in [0.5, 0.6) is 11.5 Å². The molecule has 2 heterocycles. The summed E-state index contributed by atoms with van der Waals surface area (Å²) in [6.07, 6.45) is 2.38. The van der Waals surface area contributed by atoms with Crippen molar-refractivity contribution in [3.63, 3.8) is 0 Å². The third kappa shape index (κ3) is 5.91. The zero-order valence-electron chi connectivity index (χ0n) is 20.2. The molecule has 3 rings (SSSR count). The maximum absolute atomic E-state index is 13.2. The third-order valence-corrected chi connectivity index (χ3v) is 6.27. The summed E-state index contributed by atoms with van der Waals surface area (Å²) >= 11 is 1.53. The molecule has 0 spiro atoms. The van der Waals surface area contributed by atoms with Gasteiger partial charge in [-0.2, -0.15) is 0 Å². The highest BCUT2D eigenvalue weighted by Crippen LogP contribution is 2.42. The third-order valence-electron chi connectivity index (χ3n) is 5.31. The number of unbranched alkanes of at least 4 members (excludes halogenated alkanes) is 1. The van der Waals surface area contributed by atoms with E-state index in [-0.39, 0.29) is 11.8 Å². The molecule has 33 heavy (non-hydrogen) atoms. The van der Waals surface area contributed by atoms with Crippen LogP contribution in [0.4, 0.5) is 0 Å². The van der Waals surface area contributed by atoms with E-state index in [1.165, 1.54) is 11.8 Å². The van der Waals surface area contributed by atoms with E-state index in [9.17, 15) is 9.59 Å². The number of thioether (sulfide) groups is 1. The van der Waals surface area contributed by atoms with Gasteiger partial charge in [0.05, 0.1) is 37.1 Å². The van der Waals surface area contributed by atoms with Crippen molar-refractivity contribution in [2.24, 2.45) is 10.9 Å². The zero-order valence-corrected chi connectivity index (χ0v) is 21.0. The molecule has 1 fully saturated rings. The van der Waals surface area contributed by atoms with Gasteiger partial charge in [-0.25, -0.2) is 9.79 Å². The number of rotatable bonds is 10. The lowest BCUT2D eigenvalue weighted by Gasteiger charge is -2.39. The second-order valence-corrected chi connectivity index (χ2v) is 9.55. The Morgan fingerprint density at radius 2 is 2.03 bits per heavy atom. The topological polar surface area (TPSA) is 77.4 Å². The Balaban J connectivity index is 2.05. The Kier molecular flexibility index (Phi) is 8.83. The van der Waals surface area contributed by atoms with Crippen LogP contribution >= 0.6 is 11.8 Å². The predicted octanol–water partition coefficient (Wildman–Crippen LogP) is 5.11. The standard InChI is InChI=1S/C25H34N2O5S/c1-6-8-12-31-19-10-9-18(14-20(19)30-7-2)23-22(24(29)32-15-16(3)4)17(5)26-25-27(23)21(28)11-13-33-25/h9-10,14,16,23H,6-8,11-13,15H2,1-5H3/t23-/m0/s1. The smallest absolute Gasteiger partial charge is 0.338 e. The van der Waals surface area contributed by atoms with Gasteiger partial charge in [0.25, 0.3) is 0 Å². The molecular formula is C25H34N2O5S. The fourth-order valence-electron chi connectivity index (χ4n) is 3.70. The molecule has 180 valence electrons. The van der Waals surface area contributed by atoms with Gasteiger partial charge in [-0.3, -0.25) is 9.69 Å². The average molecular weight is 475 g/mol. The molecule has 0 aromatic heterocycles. The molecule has 1 aromatic rings. The van der Waals surface area contributed by atoms with Crippen LogP contribution in [0.2, 0.25) is 0 Å². The minimum atomic E-state index is -0.624. The molecule has 0 N–H and O–H groups in total. The van der Waals surface area contributed by atoms with E-state index in [4.69, 9.17) is 14.2 Å². The first kappa shape index (κ1) is 25.1. The van der Waals surface area contributed by atoms with E-state index in [1.807, 2.05) is 39.0 Å². The van der Waals surface area contributed by atoms with Crippen LogP contribution in [-0.2, 0) is 14.3 Å². The molecule has 1 amide bonds. The lowest BCUT2D eigenvalue weighted by atomic mass is 9.93. The normalized spacial score (nSPS) is 18.2. The van der Waals surface area contributed by atoms with Gasteiger partial charge < -0.3 is 14.2 Å². The second kappa shape index (κ2) is 11.6. The highest BCUT2D eigenvalue weighted by atomic mass is 32.2. The number of amides is 1. The summed E-state index contributed by atoms with van der Waals surface area (Å²) in [6.45, 7) is 11.2. The first-order valence-electron chi connectivity index (χ1n) is 11.7. The van der Waals surface area contributed by atoms with Gasteiger partial charge in [0.2, 0.25) is 5.91 Å². The SMILES string of the molecule is CCCCOc1ccc([C@H]2C(C(=O)OCC(C)C)=C(C)N=C3SCCC(=O)N32)cc1OCC. The van der Waals surface area contributed by atoms with Crippen molar-refractivity contribution in [1.82, 2.24) is 4.90 Å². The fourth-order valence-corrected chi connectivity index (χ4v) is 4.71. The number of amidine groups is 1. The maximum atomic E-state index is 13.2. The van der Waals surface area contributed by atoms with Gasteiger partial charge in [-0.1, -0.05) is 45.0 Å². The second-order valence-electron chi connectivity index (χ2n) is 8.49. The van der Waals surface area contributed by atoms with E-state index >= 15 is 0 Å². The van der Waals surface area contributed by atoms with Gasteiger partial charge in [0.1, 0.15) is 0 Å².